The van der Waals surface area contributed by atoms with Gasteiger partial charge in [-0.1, -0.05) is 71.7 Å². The van der Waals surface area contributed by atoms with E-state index in [4.69, 9.17) is 27.9 Å². The predicted molar refractivity (Wildman–Crippen MR) is 114 cm³/mol. The summed E-state index contributed by atoms with van der Waals surface area (Å²) in [5.74, 6) is -0.311. The highest BCUT2D eigenvalue weighted by molar-refractivity contribution is 6.31. The van der Waals surface area contributed by atoms with Crippen LogP contribution in [0.3, 0.4) is 0 Å². The zero-order chi connectivity index (χ0) is 20.4. The Bertz CT molecular complexity index is 1030. The summed E-state index contributed by atoms with van der Waals surface area (Å²) in [5, 5.41) is 11.0. The van der Waals surface area contributed by atoms with Gasteiger partial charge in [-0.15, -0.1) is 0 Å². The van der Waals surface area contributed by atoms with Crippen molar-refractivity contribution in [2.45, 2.75) is 18.8 Å². The topological polar surface area (TPSA) is 49.8 Å². The first-order valence-electron chi connectivity index (χ1n) is 9.24. The third-order valence-corrected chi connectivity index (χ3v) is 5.52. The van der Waals surface area contributed by atoms with Gasteiger partial charge in [0.1, 0.15) is 6.10 Å². The summed E-state index contributed by atoms with van der Waals surface area (Å²) in [5.41, 5.74) is 3.09. The molecule has 2 atom stereocenters. The van der Waals surface area contributed by atoms with Gasteiger partial charge in [0, 0.05) is 21.2 Å². The number of anilines is 1. The Kier molecular flexibility index (Phi) is 5.88. The summed E-state index contributed by atoms with van der Waals surface area (Å²) in [4.78, 5) is 14.9. The molecule has 3 aromatic carbocycles. The molecule has 29 heavy (non-hydrogen) atoms. The van der Waals surface area contributed by atoms with Gasteiger partial charge in [0.2, 0.25) is 0 Å². The first-order valence-corrected chi connectivity index (χ1v) is 9.99. The van der Waals surface area contributed by atoms with E-state index in [0.717, 1.165) is 11.1 Å². The van der Waals surface area contributed by atoms with Gasteiger partial charge in [-0.2, -0.15) is 0 Å². The first-order chi connectivity index (χ1) is 14.1. The number of halogens is 2. The van der Waals surface area contributed by atoms with Crippen LogP contribution in [0.25, 0.3) is 0 Å². The van der Waals surface area contributed by atoms with Crippen LogP contribution in [0.5, 0.6) is 0 Å². The summed E-state index contributed by atoms with van der Waals surface area (Å²) in [7, 11) is 0. The Morgan fingerprint density at radius 2 is 1.66 bits per heavy atom. The van der Waals surface area contributed by atoms with Gasteiger partial charge in [0.25, 0.3) is 5.91 Å². The van der Waals surface area contributed by atoms with E-state index in [-0.39, 0.29) is 5.91 Å². The highest BCUT2D eigenvalue weighted by Gasteiger charge is 2.37. The van der Waals surface area contributed by atoms with Crippen LogP contribution in [-0.2, 0) is 16.1 Å². The second-order valence-corrected chi connectivity index (χ2v) is 7.67. The van der Waals surface area contributed by atoms with E-state index in [1.807, 2.05) is 54.6 Å². The summed E-state index contributed by atoms with van der Waals surface area (Å²) < 4.78 is 6.10. The van der Waals surface area contributed by atoms with Crippen molar-refractivity contribution in [1.82, 2.24) is 0 Å². The Hall–Kier alpha value is -2.37. The normalized spacial score (nSPS) is 19.0. The largest absolute Gasteiger partial charge is 0.393 e. The van der Waals surface area contributed by atoms with E-state index in [1.54, 1.807) is 23.1 Å². The summed E-state index contributed by atoms with van der Waals surface area (Å²) in [6.45, 7) is -0.0871. The van der Waals surface area contributed by atoms with Crippen molar-refractivity contribution in [2.24, 2.45) is 0 Å². The zero-order valence-electron chi connectivity index (χ0n) is 15.5. The van der Waals surface area contributed by atoms with Gasteiger partial charge in [-0.05, 0) is 29.8 Å². The summed E-state index contributed by atoms with van der Waals surface area (Å²) in [6, 6.07) is 22.3. The molecule has 1 aliphatic heterocycles. The Morgan fingerprint density at radius 3 is 2.38 bits per heavy atom. The van der Waals surface area contributed by atoms with Crippen LogP contribution in [0, 0.1) is 0 Å². The average Bonchev–Trinajstić information content (AvgIpc) is 2.84. The maximum Gasteiger partial charge on any atom is 0.258 e. The second-order valence-electron chi connectivity index (χ2n) is 6.82. The number of hydrogen-bond donors (Lipinski definition) is 1. The zero-order valence-corrected chi connectivity index (χ0v) is 17.0. The van der Waals surface area contributed by atoms with E-state index in [0.29, 0.717) is 27.8 Å². The first kappa shape index (κ1) is 19.9. The second kappa shape index (κ2) is 8.56. The van der Waals surface area contributed by atoms with E-state index >= 15 is 0 Å². The molecule has 0 saturated carbocycles. The van der Waals surface area contributed by atoms with E-state index in [2.05, 4.69) is 0 Å². The fourth-order valence-electron chi connectivity index (χ4n) is 3.55. The lowest BCUT2D eigenvalue weighted by molar-refractivity contribution is -0.134. The molecule has 0 radical (unpaired) electrons. The number of benzene rings is 3. The molecule has 1 heterocycles. The minimum absolute atomic E-state index is 0.311. The molecule has 148 valence electrons. The number of hydrogen-bond acceptors (Lipinski definition) is 3. The van der Waals surface area contributed by atoms with Gasteiger partial charge >= 0.3 is 0 Å². The minimum atomic E-state index is -1.02. The number of aliphatic hydroxyl groups is 1. The quantitative estimate of drug-likeness (QED) is 0.636. The molecule has 4 rings (SSSR count). The van der Waals surface area contributed by atoms with Crippen LogP contribution in [0.15, 0.2) is 72.8 Å². The van der Waals surface area contributed by atoms with Crippen molar-refractivity contribution in [3.63, 3.8) is 0 Å². The molecule has 1 N–H and O–H groups in total. The molecule has 4 nitrogen and oxygen atoms in total. The standard InChI is InChI=1S/C23H19Cl2NO3/c24-16-10-11-20-18(12-16)22(17-8-4-5-9-19(17)25)29-21(14-27)23(28)26(20)13-15-6-2-1-3-7-15/h1-12,21-22,27H,13-14H2/t21-,22-/m0/s1. The van der Waals surface area contributed by atoms with Crippen molar-refractivity contribution in [3.05, 3.63) is 99.5 Å². The molecule has 0 bridgehead atoms. The lowest BCUT2D eigenvalue weighted by atomic mass is 9.99. The number of rotatable bonds is 4. The summed E-state index contributed by atoms with van der Waals surface area (Å²) >= 11 is 12.7. The fourth-order valence-corrected chi connectivity index (χ4v) is 3.96. The molecule has 0 fully saturated rings. The number of ether oxygens (including phenoxy) is 1. The van der Waals surface area contributed by atoms with Gasteiger partial charge in [0.05, 0.1) is 18.8 Å². The highest BCUT2D eigenvalue weighted by atomic mass is 35.5. The van der Waals surface area contributed by atoms with E-state index < -0.39 is 18.8 Å². The SMILES string of the molecule is O=C1[C@H](CO)O[C@@H](c2ccccc2Cl)c2cc(Cl)ccc2N1Cc1ccccc1. The van der Waals surface area contributed by atoms with Crippen molar-refractivity contribution in [2.75, 3.05) is 11.5 Å². The maximum atomic E-state index is 13.3. The number of fused-ring (bicyclic) bond motifs is 1. The lowest BCUT2D eigenvalue weighted by Gasteiger charge is -2.24. The molecule has 0 saturated heterocycles. The Morgan fingerprint density at radius 1 is 0.931 bits per heavy atom. The maximum absolute atomic E-state index is 13.3. The van der Waals surface area contributed by atoms with Crippen LogP contribution in [0.1, 0.15) is 22.8 Å². The molecule has 0 spiro atoms. The molecule has 0 aromatic heterocycles. The molecule has 0 unspecified atom stereocenters. The monoisotopic (exact) mass is 427 g/mol. The predicted octanol–water partition coefficient (Wildman–Crippen LogP) is 5.01. The van der Waals surface area contributed by atoms with Crippen molar-refractivity contribution in [1.29, 1.82) is 0 Å². The third-order valence-electron chi connectivity index (χ3n) is 4.94. The van der Waals surface area contributed by atoms with Crippen molar-refractivity contribution < 1.29 is 14.6 Å². The number of aliphatic hydroxyl groups excluding tert-OH is 1. The number of nitrogens with zero attached hydrogens (tertiary/aromatic N) is 1. The Balaban J connectivity index is 1.87. The van der Waals surface area contributed by atoms with Crippen LogP contribution in [0.2, 0.25) is 10.0 Å². The van der Waals surface area contributed by atoms with Crippen LogP contribution in [-0.4, -0.2) is 23.7 Å². The molecule has 6 heteroatoms. The summed E-state index contributed by atoms with van der Waals surface area (Å²) in [6.07, 6.45) is -1.66. The number of amides is 1. The van der Waals surface area contributed by atoms with Gasteiger partial charge < -0.3 is 14.7 Å². The molecular weight excluding hydrogens is 409 g/mol. The van der Waals surface area contributed by atoms with Gasteiger partial charge in [-0.3, -0.25) is 4.79 Å². The van der Waals surface area contributed by atoms with E-state index in [9.17, 15) is 9.90 Å². The van der Waals surface area contributed by atoms with Crippen LogP contribution >= 0.6 is 23.2 Å². The highest BCUT2D eigenvalue weighted by Crippen LogP contribution is 2.41. The van der Waals surface area contributed by atoms with Crippen molar-refractivity contribution >= 4 is 34.8 Å². The molecule has 0 aliphatic carbocycles. The third kappa shape index (κ3) is 4.02. The molecule has 1 amide bonds. The molecular formula is C23H19Cl2NO3. The Labute approximate surface area is 179 Å². The van der Waals surface area contributed by atoms with E-state index in [1.165, 1.54) is 0 Å². The number of carbonyl (C=O) groups is 1. The smallest absolute Gasteiger partial charge is 0.258 e. The van der Waals surface area contributed by atoms with Crippen molar-refractivity contribution in [3.8, 4) is 0 Å². The molecule has 3 aromatic rings. The van der Waals surface area contributed by atoms with Crippen LogP contribution in [0.4, 0.5) is 5.69 Å². The average molecular weight is 428 g/mol. The number of carbonyl (C=O) groups excluding carboxylic acids is 1. The lowest BCUT2D eigenvalue weighted by Crippen LogP contribution is -2.40. The van der Waals surface area contributed by atoms with Gasteiger partial charge in [0.15, 0.2) is 6.10 Å². The van der Waals surface area contributed by atoms with Gasteiger partial charge in [-0.25, -0.2) is 0 Å². The minimum Gasteiger partial charge on any atom is -0.393 e. The van der Waals surface area contributed by atoms with Crippen LogP contribution < -0.4 is 4.90 Å². The molecule has 1 aliphatic rings. The fraction of sp³-hybridized carbons (Fsp3) is 0.174.